The molecule has 2 nitrogen and oxygen atoms in total. The van der Waals surface area contributed by atoms with Gasteiger partial charge in [-0.25, -0.2) is 5.11 Å². The van der Waals surface area contributed by atoms with Gasteiger partial charge in [-0.15, -0.1) is 11.6 Å². The molecule has 2 unspecified atom stereocenters. The number of hydrogen-bond acceptors (Lipinski definition) is 1. The summed E-state index contributed by atoms with van der Waals surface area (Å²) in [6, 6.07) is 0. The number of piperidine rings is 1. The minimum atomic E-state index is -0.432. The van der Waals surface area contributed by atoms with Crippen molar-refractivity contribution in [1.82, 2.24) is 5.32 Å². The van der Waals surface area contributed by atoms with Gasteiger partial charge < -0.3 is 5.32 Å². The van der Waals surface area contributed by atoms with Crippen LogP contribution < -0.4 is 5.32 Å². The van der Waals surface area contributed by atoms with E-state index in [1.54, 1.807) is 0 Å². The lowest BCUT2D eigenvalue weighted by atomic mass is 10.1. The molecule has 1 aliphatic heterocycles. The van der Waals surface area contributed by atoms with Crippen molar-refractivity contribution in [3.05, 3.63) is 0 Å². The van der Waals surface area contributed by atoms with Crippen LogP contribution in [0.25, 0.3) is 0 Å². The van der Waals surface area contributed by atoms with Gasteiger partial charge in [-0.3, -0.25) is 0 Å². The Balaban J connectivity index is 2.23. The Bertz CT molecular complexity index is 70.8. The van der Waals surface area contributed by atoms with Crippen molar-refractivity contribution in [2.24, 2.45) is 0 Å². The maximum atomic E-state index is 10.6. The Kier molecular flexibility index (Phi) is 2.11. The smallest absolute Gasteiger partial charge is 0.0968 e. The van der Waals surface area contributed by atoms with Crippen molar-refractivity contribution in [3.8, 4) is 0 Å². The van der Waals surface area contributed by atoms with E-state index in [-0.39, 0.29) is 5.50 Å². The van der Waals surface area contributed by atoms with Crippen LogP contribution in [0.3, 0.4) is 0 Å². The molecule has 1 aliphatic rings. The molecule has 1 radical (unpaired) electrons. The molecule has 2 atom stereocenters. The van der Waals surface area contributed by atoms with Gasteiger partial charge in [0.15, 0.2) is 0 Å². The summed E-state index contributed by atoms with van der Waals surface area (Å²) < 4.78 is 0. The quantitative estimate of drug-likeness (QED) is 0.385. The van der Waals surface area contributed by atoms with E-state index in [1.165, 1.54) is 0 Å². The molecule has 1 saturated heterocycles. The van der Waals surface area contributed by atoms with Crippen LogP contribution in [-0.2, 0) is 5.11 Å². The minimum Gasteiger partial charge on any atom is -0.301 e. The van der Waals surface area contributed by atoms with Crippen LogP contribution in [-0.4, -0.2) is 18.1 Å². The average molecular weight is 135 g/mol. The predicted molar refractivity (Wildman–Crippen MR) is 31.4 cm³/mol. The first kappa shape index (κ1) is 6.33. The third kappa shape index (κ3) is 1.62. The highest BCUT2D eigenvalue weighted by Gasteiger charge is 2.17. The lowest BCUT2D eigenvalue weighted by Crippen LogP contribution is -2.35. The van der Waals surface area contributed by atoms with E-state index in [2.05, 4.69) is 5.32 Å². The number of alkyl halides is 1. The van der Waals surface area contributed by atoms with Gasteiger partial charge in [-0.2, -0.15) is 0 Å². The average Bonchev–Trinajstić information content (AvgIpc) is 1.64. The van der Waals surface area contributed by atoms with Gasteiger partial charge in [0.2, 0.25) is 0 Å². The zero-order valence-electron chi connectivity index (χ0n) is 4.56. The van der Waals surface area contributed by atoms with E-state index < -0.39 is 6.10 Å². The standard InChI is InChI=1S/C5H9ClNO/c6-5-3-4(8)1-2-7-5/h4-5,7H,1-3H2. The third-order valence-corrected chi connectivity index (χ3v) is 1.63. The maximum Gasteiger partial charge on any atom is 0.0968 e. The lowest BCUT2D eigenvalue weighted by Gasteiger charge is -2.20. The first-order valence-corrected chi connectivity index (χ1v) is 3.26. The van der Waals surface area contributed by atoms with Gasteiger partial charge in [0, 0.05) is 6.42 Å². The van der Waals surface area contributed by atoms with E-state index in [1.807, 2.05) is 0 Å². The second-order valence-electron chi connectivity index (χ2n) is 2.07. The molecule has 0 saturated carbocycles. The molecule has 0 aromatic heterocycles. The topological polar surface area (TPSA) is 31.9 Å². The Hall–Kier alpha value is 0.210. The predicted octanol–water partition coefficient (Wildman–Crippen LogP) is 0.734. The molecular formula is C5H9ClNO. The number of rotatable bonds is 0. The van der Waals surface area contributed by atoms with Gasteiger partial charge >= 0.3 is 0 Å². The largest absolute Gasteiger partial charge is 0.301 e. The molecule has 1 fully saturated rings. The summed E-state index contributed by atoms with van der Waals surface area (Å²) in [6.45, 7) is 0.780. The molecule has 0 aromatic carbocycles. The van der Waals surface area contributed by atoms with E-state index in [9.17, 15) is 5.11 Å². The molecule has 3 heteroatoms. The molecule has 1 heterocycles. The van der Waals surface area contributed by atoms with E-state index >= 15 is 0 Å². The second-order valence-corrected chi connectivity index (χ2v) is 2.59. The molecule has 0 amide bonds. The van der Waals surface area contributed by atoms with Gasteiger partial charge in [0.05, 0.1) is 11.6 Å². The first-order valence-electron chi connectivity index (χ1n) is 2.82. The molecule has 1 rings (SSSR count). The summed E-state index contributed by atoms with van der Waals surface area (Å²) in [5, 5.41) is 13.6. The third-order valence-electron chi connectivity index (χ3n) is 1.30. The molecular weight excluding hydrogens is 126 g/mol. The van der Waals surface area contributed by atoms with Gasteiger partial charge in [0.1, 0.15) is 0 Å². The van der Waals surface area contributed by atoms with E-state index in [0.717, 1.165) is 13.0 Å². The van der Waals surface area contributed by atoms with Crippen molar-refractivity contribution < 1.29 is 5.11 Å². The molecule has 0 spiro atoms. The monoisotopic (exact) mass is 134 g/mol. The van der Waals surface area contributed by atoms with Crippen LogP contribution in [0.1, 0.15) is 12.8 Å². The summed E-state index contributed by atoms with van der Waals surface area (Å²) in [5.41, 5.74) is -0.0775. The number of nitrogens with one attached hydrogen (secondary N) is 1. The highest BCUT2D eigenvalue weighted by atomic mass is 35.5. The maximum absolute atomic E-state index is 10.6. The van der Waals surface area contributed by atoms with Crippen molar-refractivity contribution in [1.29, 1.82) is 0 Å². The number of halogens is 1. The highest BCUT2D eigenvalue weighted by Crippen LogP contribution is 2.10. The SMILES string of the molecule is [O]C1CCNC(Cl)C1. The highest BCUT2D eigenvalue weighted by molar-refractivity contribution is 6.20. The molecule has 8 heavy (non-hydrogen) atoms. The summed E-state index contributed by atoms with van der Waals surface area (Å²) in [5.74, 6) is 0. The Morgan fingerprint density at radius 2 is 2.38 bits per heavy atom. The van der Waals surface area contributed by atoms with Crippen molar-refractivity contribution in [3.63, 3.8) is 0 Å². The fourth-order valence-corrected chi connectivity index (χ4v) is 1.14. The van der Waals surface area contributed by atoms with Crippen LogP contribution in [0.4, 0.5) is 0 Å². The molecule has 1 N–H and O–H groups in total. The summed E-state index contributed by atoms with van der Waals surface area (Å²) >= 11 is 5.60. The Morgan fingerprint density at radius 1 is 1.62 bits per heavy atom. The van der Waals surface area contributed by atoms with Gasteiger partial charge in [0.25, 0.3) is 0 Å². The van der Waals surface area contributed by atoms with Crippen LogP contribution in [0, 0.1) is 0 Å². The van der Waals surface area contributed by atoms with Crippen LogP contribution in [0.15, 0.2) is 0 Å². The van der Waals surface area contributed by atoms with E-state index in [0.29, 0.717) is 6.42 Å². The van der Waals surface area contributed by atoms with Crippen LogP contribution >= 0.6 is 11.6 Å². The zero-order chi connectivity index (χ0) is 5.98. The van der Waals surface area contributed by atoms with Crippen molar-refractivity contribution in [2.45, 2.75) is 24.4 Å². The Labute approximate surface area is 53.8 Å². The molecule has 0 aliphatic carbocycles. The zero-order valence-corrected chi connectivity index (χ0v) is 5.32. The van der Waals surface area contributed by atoms with Crippen molar-refractivity contribution >= 4 is 11.6 Å². The van der Waals surface area contributed by atoms with E-state index in [4.69, 9.17) is 11.6 Å². The van der Waals surface area contributed by atoms with Gasteiger partial charge in [-0.1, -0.05) is 0 Å². The summed E-state index contributed by atoms with van der Waals surface area (Å²) in [7, 11) is 0. The summed E-state index contributed by atoms with van der Waals surface area (Å²) in [6.07, 6.45) is 0.865. The second kappa shape index (κ2) is 2.67. The molecule has 47 valence electrons. The normalized spacial score (nSPS) is 39.8. The van der Waals surface area contributed by atoms with Crippen molar-refractivity contribution in [2.75, 3.05) is 6.54 Å². The van der Waals surface area contributed by atoms with Gasteiger partial charge in [-0.05, 0) is 13.0 Å². The summed E-state index contributed by atoms with van der Waals surface area (Å²) in [4.78, 5) is 0. The lowest BCUT2D eigenvalue weighted by molar-refractivity contribution is 0.0575. The fraction of sp³-hybridized carbons (Fsp3) is 1.00. The fourth-order valence-electron chi connectivity index (χ4n) is 0.833. The molecule has 0 aromatic rings. The number of hydrogen-bond donors (Lipinski definition) is 1. The first-order chi connectivity index (χ1) is 3.79. The molecule has 0 bridgehead atoms. The van der Waals surface area contributed by atoms with Crippen LogP contribution in [0.2, 0.25) is 0 Å². The van der Waals surface area contributed by atoms with Crippen LogP contribution in [0.5, 0.6) is 0 Å². The Morgan fingerprint density at radius 3 is 2.75 bits per heavy atom. The minimum absolute atomic E-state index is 0.0775.